The van der Waals surface area contributed by atoms with Gasteiger partial charge in [-0.1, -0.05) is 24.6 Å². The largest absolute Gasteiger partial charge is 0.493 e. The number of esters is 1. The predicted molar refractivity (Wildman–Crippen MR) is 107 cm³/mol. The molecule has 0 bridgehead atoms. The standard InChI is InChI=1S/C20H21ClN2O5/c1-3-11-27-16-8-6-14(12-17(16)26-2)7-9-19(25)28-13-18(24)23-15-5-4-10-22-20(15)21/h4-10,12H,3,11,13H2,1-2H3,(H,23,24)/b9-7+. The van der Waals surface area contributed by atoms with Crippen molar-refractivity contribution in [3.05, 3.63) is 53.3 Å². The van der Waals surface area contributed by atoms with Gasteiger partial charge >= 0.3 is 5.97 Å². The summed E-state index contributed by atoms with van der Waals surface area (Å²) in [6, 6.07) is 8.52. The molecule has 0 unspecified atom stereocenters. The molecular weight excluding hydrogens is 384 g/mol. The summed E-state index contributed by atoms with van der Waals surface area (Å²) in [6.07, 6.45) is 5.17. The maximum atomic E-state index is 11.8. The van der Waals surface area contributed by atoms with E-state index in [1.54, 1.807) is 43.5 Å². The van der Waals surface area contributed by atoms with E-state index in [1.807, 2.05) is 6.92 Å². The first-order chi connectivity index (χ1) is 13.5. The highest BCUT2D eigenvalue weighted by Gasteiger charge is 2.09. The van der Waals surface area contributed by atoms with Gasteiger partial charge in [-0.3, -0.25) is 4.79 Å². The van der Waals surface area contributed by atoms with Gasteiger partial charge in [0.25, 0.3) is 5.91 Å². The lowest BCUT2D eigenvalue weighted by Crippen LogP contribution is -2.20. The fraction of sp³-hybridized carbons (Fsp3) is 0.250. The summed E-state index contributed by atoms with van der Waals surface area (Å²) in [5, 5.41) is 2.67. The van der Waals surface area contributed by atoms with Gasteiger partial charge < -0.3 is 19.5 Å². The maximum absolute atomic E-state index is 11.8. The third kappa shape index (κ3) is 6.59. The molecular formula is C20H21ClN2O5. The van der Waals surface area contributed by atoms with Crippen LogP contribution in [-0.4, -0.2) is 37.2 Å². The molecule has 0 aliphatic rings. The fourth-order valence-electron chi connectivity index (χ4n) is 2.13. The van der Waals surface area contributed by atoms with E-state index >= 15 is 0 Å². The Morgan fingerprint density at radius 1 is 1.25 bits per heavy atom. The monoisotopic (exact) mass is 404 g/mol. The average Bonchev–Trinajstić information content (AvgIpc) is 2.71. The lowest BCUT2D eigenvalue weighted by molar-refractivity contribution is -0.142. The van der Waals surface area contributed by atoms with Crippen molar-refractivity contribution in [2.75, 3.05) is 25.6 Å². The summed E-state index contributed by atoms with van der Waals surface area (Å²) < 4.78 is 15.8. The lowest BCUT2D eigenvalue weighted by Gasteiger charge is -2.10. The van der Waals surface area contributed by atoms with Gasteiger partial charge in [-0.2, -0.15) is 0 Å². The average molecular weight is 405 g/mol. The molecule has 0 saturated carbocycles. The number of aromatic nitrogens is 1. The highest BCUT2D eigenvalue weighted by atomic mass is 35.5. The molecule has 1 N–H and O–H groups in total. The zero-order chi connectivity index (χ0) is 20.4. The van der Waals surface area contributed by atoms with Crippen LogP contribution in [-0.2, 0) is 14.3 Å². The highest BCUT2D eigenvalue weighted by Crippen LogP contribution is 2.28. The van der Waals surface area contributed by atoms with Gasteiger partial charge in [0.2, 0.25) is 0 Å². The number of anilines is 1. The summed E-state index contributed by atoms with van der Waals surface area (Å²) >= 11 is 5.85. The summed E-state index contributed by atoms with van der Waals surface area (Å²) in [5.41, 5.74) is 1.07. The van der Waals surface area contributed by atoms with Crippen LogP contribution < -0.4 is 14.8 Å². The van der Waals surface area contributed by atoms with E-state index in [1.165, 1.54) is 12.3 Å². The Labute approximate surface area is 168 Å². The van der Waals surface area contributed by atoms with Gasteiger partial charge in [-0.25, -0.2) is 9.78 Å². The molecule has 1 aromatic carbocycles. The molecule has 0 atom stereocenters. The molecule has 0 aliphatic carbocycles. The van der Waals surface area contributed by atoms with E-state index < -0.39 is 18.5 Å². The van der Waals surface area contributed by atoms with Crippen LogP contribution in [0.3, 0.4) is 0 Å². The van der Waals surface area contributed by atoms with E-state index in [0.29, 0.717) is 23.8 Å². The van der Waals surface area contributed by atoms with Gasteiger partial charge in [0, 0.05) is 12.3 Å². The van der Waals surface area contributed by atoms with Crippen molar-refractivity contribution >= 4 is 35.2 Å². The van der Waals surface area contributed by atoms with Crippen molar-refractivity contribution in [3.63, 3.8) is 0 Å². The summed E-state index contributed by atoms with van der Waals surface area (Å²) in [7, 11) is 1.54. The molecule has 0 saturated heterocycles. The first kappa shape index (κ1) is 21.2. The molecule has 148 valence electrons. The molecule has 28 heavy (non-hydrogen) atoms. The van der Waals surface area contributed by atoms with Gasteiger partial charge in [0.05, 0.1) is 19.4 Å². The van der Waals surface area contributed by atoms with Crippen molar-refractivity contribution in [1.29, 1.82) is 0 Å². The molecule has 1 aromatic heterocycles. The Bertz CT molecular complexity index is 854. The molecule has 0 radical (unpaired) electrons. The SMILES string of the molecule is CCCOc1ccc(/C=C/C(=O)OCC(=O)Nc2cccnc2Cl)cc1OC. The maximum Gasteiger partial charge on any atom is 0.331 e. The molecule has 0 spiro atoms. The molecule has 8 heteroatoms. The van der Waals surface area contributed by atoms with Crippen LogP contribution in [0.2, 0.25) is 5.15 Å². The van der Waals surface area contributed by atoms with Crippen LogP contribution in [0.15, 0.2) is 42.6 Å². The van der Waals surface area contributed by atoms with Gasteiger partial charge in [-0.05, 0) is 42.3 Å². The number of methoxy groups -OCH3 is 1. The van der Waals surface area contributed by atoms with Gasteiger partial charge in [0.1, 0.15) is 0 Å². The van der Waals surface area contributed by atoms with Gasteiger partial charge in [0.15, 0.2) is 23.3 Å². The Morgan fingerprint density at radius 2 is 2.07 bits per heavy atom. The second kappa shape index (κ2) is 10.9. The van der Waals surface area contributed by atoms with Crippen LogP contribution in [0.4, 0.5) is 5.69 Å². The summed E-state index contributed by atoms with van der Waals surface area (Å²) in [6.45, 7) is 2.16. The van der Waals surface area contributed by atoms with E-state index in [4.69, 9.17) is 25.8 Å². The fourth-order valence-corrected chi connectivity index (χ4v) is 2.30. The van der Waals surface area contributed by atoms with E-state index in [9.17, 15) is 9.59 Å². The van der Waals surface area contributed by atoms with Crippen LogP contribution in [0, 0.1) is 0 Å². The smallest absolute Gasteiger partial charge is 0.331 e. The number of hydrogen-bond acceptors (Lipinski definition) is 6. The van der Waals surface area contributed by atoms with Crippen LogP contribution in [0.1, 0.15) is 18.9 Å². The first-order valence-corrected chi connectivity index (χ1v) is 8.97. The topological polar surface area (TPSA) is 86.8 Å². The second-order valence-corrected chi connectivity index (χ2v) is 5.95. The number of amides is 1. The Morgan fingerprint density at radius 3 is 2.79 bits per heavy atom. The molecule has 1 heterocycles. The minimum Gasteiger partial charge on any atom is -0.493 e. The number of rotatable bonds is 9. The zero-order valence-electron chi connectivity index (χ0n) is 15.6. The van der Waals surface area contributed by atoms with Crippen LogP contribution >= 0.6 is 11.6 Å². The van der Waals surface area contributed by atoms with Crippen molar-refractivity contribution in [2.24, 2.45) is 0 Å². The number of halogens is 1. The number of nitrogens with one attached hydrogen (secondary N) is 1. The lowest BCUT2D eigenvalue weighted by atomic mass is 10.2. The molecule has 2 rings (SSSR count). The Hall–Kier alpha value is -3.06. The normalized spacial score (nSPS) is 10.5. The number of nitrogens with zero attached hydrogens (tertiary/aromatic N) is 1. The van der Waals surface area contributed by atoms with Crippen LogP contribution in [0.5, 0.6) is 11.5 Å². The number of hydrogen-bond donors (Lipinski definition) is 1. The van der Waals surface area contributed by atoms with Crippen LogP contribution in [0.25, 0.3) is 6.08 Å². The predicted octanol–water partition coefficient (Wildman–Crippen LogP) is 3.73. The Balaban J connectivity index is 1.87. The number of pyridine rings is 1. The first-order valence-electron chi connectivity index (χ1n) is 8.59. The Kier molecular flexibility index (Phi) is 8.30. The van der Waals surface area contributed by atoms with Crippen molar-refractivity contribution in [1.82, 2.24) is 4.98 Å². The van der Waals surface area contributed by atoms with Crippen molar-refractivity contribution in [2.45, 2.75) is 13.3 Å². The van der Waals surface area contributed by atoms with E-state index in [0.717, 1.165) is 12.0 Å². The second-order valence-electron chi connectivity index (χ2n) is 5.59. The number of carbonyl (C=O) groups excluding carboxylic acids is 2. The number of carbonyl (C=O) groups is 2. The molecule has 2 aromatic rings. The molecule has 0 fully saturated rings. The summed E-state index contributed by atoms with van der Waals surface area (Å²) in [4.78, 5) is 27.5. The third-order valence-corrected chi connectivity index (χ3v) is 3.74. The van der Waals surface area contributed by atoms with Crippen molar-refractivity contribution < 1.29 is 23.8 Å². The van der Waals surface area contributed by atoms with Gasteiger partial charge in [-0.15, -0.1) is 0 Å². The molecule has 0 aliphatic heterocycles. The summed E-state index contributed by atoms with van der Waals surface area (Å²) in [5.74, 6) is 0.0277. The molecule has 1 amide bonds. The van der Waals surface area contributed by atoms with E-state index in [-0.39, 0.29) is 5.15 Å². The van der Waals surface area contributed by atoms with E-state index in [2.05, 4.69) is 10.3 Å². The molecule has 7 nitrogen and oxygen atoms in total. The number of ether oxygens (including phenoxy) is 3. The zero-order valence-corrected chi connectivity index (χ0v) is 16.4. The third-order valence-electron chi connectivity index (χ3n) is 3.44. The number of benzene rings is 1. The van der Waals surface area contributed by atoms with Crippen molar-refractivity contribution in [3.8, 4) is 11.5 Å². The minimum atomic E-state index is -0.655. The quantitative estimate of drug-likeness (QED) is 0.389. The minimum absolute atomic E-state index is 0.155. The highest BCUT2D eigenvalue weighted by molar-refractivity contribution is 6.32.